The Hall–Kier alpha value is -1.06. The highest BCUT2D eigenvalue weighted by Gasteiger charge is 2.19. The molecule has 3 heteroatoms. The minimum absolute atomic E-state index is 0.575. The summed E-state index contributed by atoms with van der Waals surface area (Å²) in [5, 5.41) is 3.63. The Morgan fingerprint density at radius 2 is 1.71 bits per heavy atom. The molecule has 1 aromatic carbocycles. The Kier molecular flexibility index (Phi) is 4.81. The fourth-order valence-electron chi connectivity index (χ4n) is 3.55. The Bertz CT molecular complexity index is 426. The molecule has 2 heterocycles. The lowest BCUT2D eigenvalue weighted by Gasteiger charge is -2.38. The van der Waals surface area contributed by atoms with Crippen LogP contribution in [0.1, 0.15) is 44.7 Å². The fraction of sp³-hybridized carbons (Fsp3) is 0.667. The zero-order valence-corrected chi connectivity index (χ0v) is 13.5. The van der Waals surface area contributed by atoms with Crippen molar-refractivity contribution >= 4 is 5.69 Å². The quantitative estimate of drug-likeness (QED) is 0.922. The summed E-state index contributed by atoms with van der Waals surface area (Å²) in [6.45, 7) is 10.4. The van der Waals surface area contributed by atoms with Gasteiger partial charge in [0.05, 0.1) is 0 Å². The molecule has 0 bridgehead atoms. The molecule has 2 saturated heterocycles. The van der Waals surface area contributed by atoms with Gasteiger partial charge in [0.15, 0.2) is 0 Å². The van der Waals surface area contributed by atoms with Crippen LogP contribution in [0, 0.1) is 0 Å². The van der Waals surface area contributed by atoms with Crippen molar-refractivity contribution in [2.75, 3.05) is 37.6 Å². The molecule has 0 saturated carbocycles. The lowest BCUT2D eigenvalue weighted by molar-refractivity contribution is 0.209. The van der Waals surface area contributed by atoms with E-state index in [9.17, 15) is 0 Å². The molecule has 2 aliphatic heterocycles. The van der Waals surface area contributed by atoms with Crippen LogP contribution in [0.2, 0.25) is 0 Å². The molecule has 0 amide bonds. The molecule has 1 unspecified atom stereocenters. The Morgan fingerprint density at radius 1 is 1.00 bits per heavy atom. The van der Waals surface area contributed by atoms with Crippen LogP contribution in [0.25, 0.3) is 0 Å². The van der Waals surface area contributed by atoms with Crippen molar-refractivity contribution < 1.29 is 0 Å². The number of nitrogens with one attached hydrogen (secondary N) is 1. The maximum atomic E-state index is 3.63. The second kappa shape index (κ2) is 6.80. The monoisotopic (exact) mass is 287 g/mol. The predicted octanol–water partition coefficient (Wildman–Crippen LogP) is 3.03. The van der Waals surface area contributed by atoms with Gasteiger partial charge in [0.25, 0.3) is 0 Å². The SMILES string of the molecule is CC(C)N1CCN(c2ccc(C3CCCCN3)cc2)CC1. The van der Waals surface area contributed by atoms with Crippen LogP contribution in [0.5, 0.6) is 0 Å². The van der Waals surface area contributed by atoms with Gasteiger partial charge in [-0.2, -0.15) is 0 Å². The van der Waals surface area contributed by atoms with Crippen molar-refractivity contribution in [3.63, 3.8) is 0 Å². The third kappa shape index (κ3) is 3.58. The minimum Gasteiger partial charge on any atom is -0.369 e. The van der Waals surface area contributed by atoms with Crippen molar-refractivity contribution in [1.82, 2.24) is 10.2 Å². The van der Waals surface area contributed by atoms with Crippen LogP contribution < -0.4 is 10.2 Å². The first-order valence-corrected chi connectivity index (χ1v) is 8.56. The third-order valence-electron chi connectivity index (χ3n) is 5.02. The largest absolute Gasteiger partial charge is 0.369 e. The van der Waals surface area contributed by atoms with Gasteiger partial charge in [0.2, 0.25) is 0 Å². The summed E-state index contributed by atoms with van der Waals surface area (Å²) in [6.07, 6.45) is 3.97. The van der Waals surface area contributed by atoms with Crippen LogP contribution in [-0.2, 0) is 0 Å². The zero-order chi connectivity index (χ0) is 14.7. The first kappa shape index (κ1) is 14.9. The average Bonchev–Trinajstić information content (AvgIpc) is 2.56. The molecule has 116 valence electrons. The lowest BCUT2D eigenvalue weighted by Crippen LogP contribution is -2.48. The number of anilines is 1. The van der Waals surface area contributed by atoms with Gasteiger partial charge >= 0.3 is 0 Å². The van der Waals surface area contributed by atoms with E-state index >= 15 is 0 Å². The van der Waals surface area contributed by atoms with Crippen molar-refractivity contribution in [2.45, 2.75) is 45.2 Å². The van der Waals surface area contributed by atoms with Gasteiger partial charge in [0.1, 0.15) is 0 Å². The van der Waals surface area contributed by atoms with E-state index in [0.717, 1.165) is 13.1 Å². The summed E-state index contributed by atoms with van der Waals surface area (Å²) in [5.74, 6) is 0. The van der Waals surface area contributed by atoms with Crippen LogP contribution >= 0.6 is 0 Å². The molecule has 3 rings (SSSR count). The zero-order valence-electron chi connectivity index (χ0n) is 13.5. The third-order valence-corrected chi connectivity index (χ3v) is 5.02. The molecule has 2 aliphatic rings. The molecular weight excluding hydrogens is 258 g/mol. The van der Waals surface area contributed by atoms with Gasteiger partial charge in [-0.1, -0.05) is 18.6 Å². The molecule has 0 aliphatic carbocycles. The first-order chi connectivity index (χ1) is 10.2. The fourth-order valence-corrected chi connectivity index (χ4v) is 3.55. The van der Waals surface area contributed by atoms with Gasteiger partial charge in [0, 0.05) is 44.0 Å². The molecular formula is C18H29N3. The second-order valence-electron chi connectivity index (χ2n) is 6.71. The number of hydrogen-bond donors (Lipinski definition) is 1. The molecule has 21 heavy (non-hydrogen) atoms. The van der Waals surface area contributed by atoms with Gasteiger partial charge in [-0.05, 0) is 50.9 Å². The molecule has 1 aromatic rings. The summed E-state index contributed by atoms with van der Waals surface area (Å²) >= 11 is 0. The molecule has 2 fully saturated rings. The Morgan fingerprint density at radius 3 is 2.29 bits per heavy atom. The number of nitrogens with zero attached hydrogens (tertiary/aromatic N) is 2. The normalized spacial score (nSPS) is 24.5. The number of hydrogen-bond acceptors (Lipinski definition) is 3. The van der Waals surface area contributed by atoms with Gasteiger partial charge in [-0.15, -0.1) is 0 Å². The molecule has 1 atom stereocenters. The summed E-state index contributed by atoms with van der Waals surface area (Å²) in [6, 6.07) is 10.5. The summed E-state index contributed by atoms with van der Waals surface area (Å²) in [4.78, 5) is 5.09. The number of piperazine rings is 1. The van der Waals surface area contributed by atoms with E-state index in [-0.39, 0.29) is 0 Å². The summed E-state index contributed by atoms with van der Waals surface area (Å²) < 4.78 is 0. The summed E-state index contributed by atoms with van der Waals surface area (Å²) in [7, 11) is 0. The number of rotatable bonds is 3. The van der Waals surface area contributed by atoms with E-state index in [1.54, 1.807) is 0 Å². The number of piperidine rings is 1. The van der Waals surface area contributed by atoms with Crippen LogP contribution in [-0.4, -0.2) is 43.7 Å². The Labute approximate surface area is 129 Å². The van der Waals surface area contributed by atoms with Gasteiger partial charge in [-0.3, -0.25) is 4.90 Å². The average molecular weight is 287 g/mol. The Balaban J connectivity index is 1.59. The first-order valence-electron chi connectivity index (χ1n) is 8.56. The maximum absolute atomic E-state index is 3.63. The highest BCUT2D eigenvalue weighted by Crippen LogP contribution is 2.25. The molecule has 1 N–H and O–H groups in total. The standard InChI is InChI=1S/C18H29N3/c1-15(2)20-11-13-21(14-12-20)17-8-6-16(7-9-17)18-5-3-4-10-19-18/h6-9,15,18-19H,3-5,10-14H2,1-2H3. The van der Waals surface area contributed by atoms with Crippen molar-refractivity contribution in [1.29, 1.82) is 0 Å². The van der Waals surface area contributed by atoms with E-state index in [0.29, 0.717) is 12.1 Å². The van der Waals surface area contributed by atoms with E-state index in [2.05, 4.69) is 53.2 Å². The number of benzene rings is 1. The molecule has 0 spiro atoms. The molecule has 0 radical (unpaired) electrons. The van der Waals surface area contributed by atoms with E-state index < -0.39 is 0 Å². The molecule has 0 aromatic heterocycles. The van der Waals surface area contributed by atoms with Crippen LogP contribution in [0.15, 0.2) is 24.3 Å². The van der Waals surface area contributed by atoms with E-state index in [1.807, 2.05) is 0 Å². The minimum atomic E-state index is 0.575. The second-order valence-corrected chi connectivity index (χ2v) is 6.71. The predicted molar refractivity (Wildman–Crippen MR) is 90.0 cm³/mol. The van der Waals surface area contributed by atoms with E-state index in [4.69, 9.17) is 0 Å². The van der Waals surface area contributed by atoms with Crippen LogP contribution in [0.4, 0.5) is 5.69 Å². The van der Waals surface area contributed by atoms with Crippen LogP contribution in [0.3, 0.4) is 0 Å². The van der Waals surface area contributed by atoms with Crippen molar-refractivity contribution in [2.24, 2.45) is 0 Å². The van der Waals surface area contributed by atoms with Crippen molar-refractivity contribution in [3.05, 3.63) is 29.8 Å². The molecule has 3 nitrogen and oxygen atoms in total. The topological polar surface area (TPSA) is 18.5 Å². The van der Waals surface area contributed by atoms with E-state index in [1.165, 1.54) is 50.1 Å². The summed E-state index contributed by atoms with van der Waals surface area (Å²) in [5.41, 5.74) is 2.84. The van der Waals surface area contributed by atoms with Crippen molar-refractivity contribution in [3.8, 4) is 0 Å². The van der Waals surface area contributed by atoms with Gasteiger partial charge < -0.3 is 10.2 Å². The smallest absolute Gasteiger partial charge is 0.0367 e. The highest BCUT2D eigenvalue weighted by atomic mass is 15.3. The van der Waals surface area contributed by atoms with Gasteiger partial charge in [-0.25, -0.2) is 0 Å². The lowest BCUT2D eigenvalue weighted by atomic mass is 9.97. The maximum Gasteiger partial charge on any atom is 0.0367 e. The highest BCUT2D eigenvalue weighted by molar-refractivity contribution is 5.48.